The Bertz CT molecular complexity index is 1420. The molecule has 0 atom stereocenters. The number of nitrogens with zero attached hydrogens (tertiary/aromatic N) is 5. The van der Waals surface area contributed by atoms with Gasteiger partial charge in [-0.3, -0.25) is 5.10 Å². The van der Waals surface area contributed by atoms with E-state index in [4.69, 9.17) is 10.00 Å². The fourth-order valence-electron chi connectivity index (χ4n) is 3.39. The van der Waals surface area contributed by atoms with E-state index in [1.54, 1.807) is 12.1 Å². The summed E-state index contributed by atoms with van der Waals surface area (Å²) in [4.78, 5) is 13.5. The van der Waals surface area contributed by atoms with Crippen molar-refractivity contribution in [2.24, 2.45) is 0 Å². The van der Waals surface area contributed by atoms with Crippen molar-refractivity contribution in [1.29, 1.82) is 5.26 Å². The molecule has 0 amide bonds. The highest BCUT2D eigenvalue weighted by Crippen LogP contribution is 2.24. The number of rotatable bonds is 7. The van der Waals surface area contributed by atoms with Gasteiger partial charge in [-0.1, -0.05) is 54.6 Å². The predicted molar refractivity (Wildman–Crippen MR) is 124 cm³/mol. The fraction of sp³-hybridized carbons (Fsp3) is 0.0800. The van der Waals surface area contributed by atoms with Crippen molar-refractivity contribution < 1.29 is 4.74 Å². The maximum atomic E-state index is 8.86. The van der Waals surface area contributed by atoms with Crippen molar-refractivity contribution in [3.05, 3.63) is 95.8 Å². The molecule has 0 aliphatic rings. The van der Waals surface area contributed by atoms with E-state index in [-0.39, 0.29) is 6.01 Å². The van der Waals surface area contributed by atoms with Gasteiger partial charge >= 0.3 is 6.01 Å². The summed E-state index contributed by atoms with van der Waals surface area (Å²) in [6.45, 7) is 0. The topological polar surface area (TPSA) is 112 Å². The van der Waals surface area contributed by atoms with E-state index < -0.39 is 0 Å². The fourth-order valence-corrected chi connectivity index (χ4v) is 3.39. The Morgan fingerprint density at radius 1 is 0.848 bits per heavy atom. The molecule has 0 radical (unpaired) electrons. The lowest BCUT2D eigenvalue weighted by atomic mass is 10.1. The number of nitriles is 1. The molecule has 0 aliphatic heterocycles. The minimum absolute atomic E-state index is 0.173. The number of para-hydroxylation sites is 1. The van der Waals surface area contributed by atoms with Crippen LogP contribution in [0.15, 0.2) is 78.9 Å². The third kappa shape index (κ3) is 4.78. The van der Waals surface area contributed by atoms with Crippen LogP contribution in [-0.2, 0) is 12.8 Å². The van der Waals surface area contributed by atoms with Crippen LogP contribution < -0.4 is 10.1 Å². The number of benzene rings is 3. The Morgan fingerprint density at radius 2 is 1.64 bits per heavy atom. The normalized spacial score (nSPS) is 10.6. The first-order valence-electron chi connectivity index (χ1n) is 10.4. The largest absolute Gasteiger partial charge is 0.424 e. The Balaban J connectivity index is 1.46. The SMILES string of the molecule is N#CCc1ccc(Oc2nc(Cc3ccccc3)nc(Nc3n[nH]c4ccccc34)n2)cc1. The van der Waals surface area contributed by atoms with Crippen LogP contribution in [0.3, 0.4) is 0 Å². The third-order valence-corrected chi connectivity index (χ3v) is 4.98. The van der Waals surface area contributed by atoms with Gasteiger partial charge in [0.15, 0.2) is 5.82 Å². The van der Waals surface area contributed by atoms with Gasteiger partial charge in [0.1, 0.15) is 11.6 Å². The maximum Gasteiger partial charge on any atom is 0.327 e. The lowest BCUT2D eigenvalue weighted by Crippen LogP contribution is -2.06. The van der Waals surface area contributed by atoms with Gasteiger partial charge in [-0.2, -0.15) is 25.3 Å². The van der Waals surface area contributed by atoms with Gasteiger partial charge in [0, 0.05) is 11.8 Å². The highest BCUT2D eigenvalue weighted by atomic mass is 16.5. The molecule has 2 heterocycles. The smallest absolute Gasteiger partial charge is 0.327 e. The first-order chi connectivity index (χ1) is 16.3. The Hall–Kier alpha value is -4.77. The van der Waals surface area contributed by atoms with E-state index in [0.29, 0.717) is 36.2 Å². The lowest BCUT2D eigenvalue weighted by Gasteiger charge is -2.09. The van der Waals surface area contributed by atoms with Crippen molar-refractivity contribution in [2.45, 2.75) is 12.8 Å². The molecule has 8 heteroatoms. The second kappa shape index (κ2) is 9.16. The third-order valence-electron chi connectivity index (χ3n) is 4.98. The van der Waals surface area contributed by atoms with Crippen molar-refractivity contribution in [3.63, 3.8) is 0 Å². The average Bonchev–Trinajstić information content (AvgIpc) is 3.24. The molecule has 0 saturated carbocycles. The van der Waals surface area contributed by atoms with Crippen molar-refractivity contribution in [2.75, 3.05) is 5.32 Å². The number of hydrogen-bond donors (Lipinski definition) is 2. The van der Waals surface area contributed by atoms with E-state index in [9.17, 15) is 0 Å². The average molecular weight is 433 g/mol. The Kier molecular flexibility index (Phi) is 5.59. The van der Waals surface area contributed by atoms with Crippen LogP contribution in [0, 0.1) is 11.3 Å². The molecule has 5 rings (SSSR count). The zero-order valence-corrected chi connectivity index (χ0v) is 17.6. The van der Waals surface area contributed by atoms with Gasteiger partial charge in [-0.05, 0) is 35.4 Å². The summed E-state index contributed by atoms with van der Waals surface area (Å²) >= 11 is 0. The van der Waals surface area contributed by atoms with Gasteiger partial charge in [0.25, 0.3) is 0 Å². The van der Waals surface area contributed by atoms with Crippen molar-refractivity contribution in [1.82, 2.24) is 25.1 Å². The van der Waals surface area contributed by atoms with Gasteiger partial charge in [-0.25, -0.2) is 0 Å². The van der Waals surface area contributed by atoms with Crippen LogP contribution in [0.1, 0.15) is 17.0 Å². The number of aromatic amines is 1. The predicted octanol–water partition coefficient (Wildman–Crippen LogP) is 4.94. The Morgan fingerprint density at radius 3 is 2.45 bits per heavy atom. The molecule has 3 aromatic carbocycles. The highest BCUT2D eigenvalue weighted by Gasteiger charge is 2.13. The monoisotopic (exact) mass is 433 g/mol. The number of H-pyrrole nitrogens is 1. The number of anilines is 2. The van der Waals surface area contributed by atoms with E-state index in [1.807, 2.05) is 66.7 Å². The first-order valence-corrected chi connectivity index (χ1v) is 10.4. The standard InChI is InChI=1S/C25H19N7O/c26-15-14-17-10-12-19(13-11-17)33-25-28-22(16-18-6-2-1-3-7-18)27-24(30-25)29-23-20-8-4-5-9-21(20)31-32-23/h1-13H,14,16H2,(H2,27,28,29,30,31,32). The van der Waals surface area contributed by atoms with Crippen LogP contribution in [0.2, 0.25) is 0 Å². The molecular formula is C25H19N7O. The van der Waals surface area contributed by atoms with Crippen LogP contribution in [0.5, 0.6) is 11.8 Å². The molecule has 2 aromatic heterocycles. The summed E-state index contributed by atoms with van der Waals surface area (Å²) in [7, 11) is 0. The summed E-state index contributed by atoms with van der Waals surface area (Å²) in [6, 6.07) is 27.4. The number of ether oxygens (including phenoxy) is 1. The zero-order chi connectivity index (χ0) is 22.5. The number of hydrogen-bond acceptors (Lipinski definition) is 7. The summed E-state index contributed by atoms with van der Waals surface area (Å²) in [5.74, 6) is 2.10. The van der Waals surface area contributed by atoms with Crippen molar-refractivity contribution >= 4 is 22.7 Å². The molecule has 0 fully saturated rings. The molecule has 0 spiro atoms. The zero-order valence-electron chi connectivity index (χ0n) is 17.6. The lowest BCUT2D eigenvalue weighted by molar-refractivity contribution is 0.437. The molecular weight excluding hydrogens is 414 g/mol. The molecule has 0 unspecified atom stereocenters. The molecule has 2 N–H and O–H groups in total. The van der Waals surface area contributed by atoms with E-state index >= 15 is 0 Å². The van der Waals surface area contributed by atoms with Gasteiger partial charge in [0.2, 0.25) is 5.95 Å². The summed E-state index contributed by atoms with van der Waals surface area (Å²) < 4.78 is 5.92. The molecule has 160 valence electrons. The van der Waals surface area contributed by atoms with E-state index in [2.05, 4.69) is 36.5 Å². The highest BCUT2D eigenvalue weighted by molar-refractivity contribution is 5.90. The molecule has 8 nitrogen and oxygen atoms in total. The molecule has 0 saturated heterocycles. The molecule has 0 bridgehead atoms. The number of aromatic nitrogens is 5. The summed E-state index contributed by atoms with van der Waals surface area (Å²) in [5.41, 5.74) is 2.90. The molecule has 5 aromatic rings. The Labute approximate surface area is 189 Å². The van der Waals surface area contributed by atoms with Gasteiger partial charge in [-0.15, -0.1) is 0 Å². The minimum Gasteiger partial charge on any atom is -0.424 e. The first kappa shape index (κ1) is 20.2. The van der Waals surface area contributed by atoms with E-state index in [1.165, 1.54) is 0 Å². The quantitative estimate of drug-likeness (QED) is 0.374. The van der Waals surface area contributed by atoms with Crippen LogP contribution >= 0.6 is 0 Å². The second-order valence-electron chi connectivity index (χ2n) is 7.34. The summed E-state index contributed by atoms with van der Waals surface area (Å²) in [5, 5.41) is 20.3. The molecule has 33 heavy (non-hydrogen) atoms. The number of nitrogens with one attached hydrogen (secondary N) is 2. The molecule has 0 aliphatic carbocycles. The maximum absolute atomic E-state index is 8.86. The van der Waals surface area contributed by atoms with Crippen LogP contribution in [-0.4, -0.2) is 25.1 Å². The van der Waals surface area contributed by atoms with Crippen LogP contribution in [0.25, 0.3) is 10.9 Å². The van der Waals surface area contributed by atoms with Crippen LogP contribution in [0.4, 0.5) is 11.8 Å². The van der Waals surface area contributed by atoms with Gasteiger partial charge in [0.05, 0.1) is 18.0 Å². The van der Waals surface area contributed by atoms with Gasteiger partial charge < -0.3 is 10.1 Å². The summed E-state index contributed by atoms with van der Waals surface area (Å²) in [6.07, 6.45) is 0.871. The van der Waals surface area contributed by atoms with Crippen molar-refractivity contribution in [3.8, 4) is 17.8 Å². The second-order valence-corrected chi connectivity index (χ2v) is 7.34. The number of fused-ring (bicyclic) bond motifs is 1. The van der Waals surface area contributed by atoms with E-state index in [0.717, 1.165) is 22.0 Å². The minimum atomic E-state index is 0.173.